The molecule has 0 fully saturated rings. The van der Waals surface area contributed by atoms with Crippen molar-refractivity contribution in [3.05, 3.63) is 54.5 Å². The number of hydrogen-bond acceptors (Lipinski definition) is 3. The minimum Gasteiger partial charge on any atom is -0.297 e. The zero-order chi connectivity index (χ0) is 12.5. The van der Waals surface area contributed by atoms with Gasteiger partial charge in [-0.25, -0.2) is 9.97 Å². The maximum Gasteiger partial charge on any atom is 0.177 e. The Morgan fingerprint density at radius 1 is 1.11 bits per heavy atom. The van der Waals surface area contributed by atoms with Gasteiger partial charge in [-0.05, 0) is 43.3 Å². The van der Waals surface area contributed by atoms with E-state index in [4.69, 9.17) is 0 Å². The molecule has 0 N–H and O–H groups in total. The van der Waals surface area contributed by atoms with E-state index in [0.29, 0.717) is 11.2 Å². The molecule has 88 valence electrons. The van der Waals surface area contributed by atoms with Crippen LogP contribution in [-0.2, 0) is 0 Å². The van der Waals surface area contributed by atoms with Gasteiger partial charge in [0, 0.05) is 17.4 Å². The van der Waals surface area contributed by atoms with Crippen molar-refractivity contribution < 1.29 is 4.79 Å². The van der Waals surface area contributed by atoms with Crippen molar-refractivity contribution in [1.29, 1.82) is 0 Å². The Balaban J connectivity index is 2.12. The first-order chi connectivity index (χ1) is 8.75. The van der Waals surface area contributed by atoms with Crippen LogP contribution in [0.4, 0.5) is 0 Å². The molecule has 3 aromatic rings. The molecule has 0 atom stereocenters. The van der Waals surface area contributed by atoms with E-state index in [0.717, 1.165) is 11.2 Å². The molecule has 2 aromatic heterocycles. The fourth-order valence-corrected chi connectivity index (χ4v) is 1.91. The van der Waals surface area contributed by atoms with Gasteiger partial charge in [0.15, 0.2) is 11.4 Å². The highest BCUT2D eigenvalue weighted by Gasteiger charge is 2.05. The van der Waals surface area contributed by atoms with Crippen molar-refractivity contribution >= 4 is 16.9 Å². The second kappa shape index (κ2) is 4.07. The Bertz CT molecular complexity index is 713. The summed E-state index contributed by atoms with van der Waals surface area (Å²) < 4.78 is 1.95. The zero-order valence-electron chi connectivity index (χ0n) is 9.87. The summed E-state index contributed by atoms with van der Waals surface area (Å²) in [6, 6.07) is 11.3. The van der Waals surface area contributed by atoms with Gasteiger partial charge in [-0.2, -0.15) is 0 Å². The molecule has 3 rings (SSSR count). The molecule has 0 saturated carbocycles. The average Bonchev–Trinajstić information content (AvgIpc) is 2.82. The lowest BCUT2D eigenvalue weighted by molar-refractivity contribution is 0.101. The van der Waals surface area contributed by atoms with E-state index in [9.17, 15) is 4.79 Å². The van der Waals surface area contributed by atoms with Crippen LogP contribution in [0.2, 0.25) is 0 Å². The quantitative estimate of drug-likeness (QED) is 0.644. The van der Waals surface area contributed by atoms with Crippen molar-refractivity contribution in [3.63, 3.8) is 0 Å². The third-order valence-electron chi connectivity index (χ3n) is 2.87. The fraction of sp³-hybridized carbons (Fsp3) is 0.0714. The minimum absolute atomic E-state index is 0.0682. The van der Waals surface area contributed by atoms with Gasteiger partial charge < -0.3 is 0 Å². The third-order valence-corrected chi connectivity index (χ3v) is 2.87. The molecular weight excluding hydrogens is 226 g/mol. The summed E-state index contributed by atoms with van der Waals surface area (Å²) >= 11 is 0. The second-order valence-electron chi connectivity index (χ2n) is 4.06. The molecule has 0 amide bonds. The number of aromatic nitrogens is 3. The van der Waals surface area contributed by atoms with Crippen LogP contribution in [-0.4, -0.2) is 20.3 Å². The van der Waals surface area contributed by atoms with Crippen LogP contribution in [0.25, 0.3) is 16.9 Å². The molecule has 0 aliphatic heterocycles. The molecule has 4 nitrogen and oxygen atoms in total. The van der Waals surface area contributed by atoms with Crippen molar-refractivity contribution in [2.24, 2.45) is 0 Å². The molecule has 18 heavy (non-hydrogen) atoms. The summed E-state index contributed by atoms with van der Waals surface area (Å²) in [5, 5.41) is 0. The number of rotatable bonds is 2. The van der Waals surface area contributed by atoms with Gasteiger partial charge in [0.1, 0.15) is 6.33 Å². The largest absolute Gasteiger partial charge is 0.297 e. The summed E-state index contributed by atoms with van der Waals surface area (Å²) in [5.74, 6) is 0.0682. The number of nitrogens with zero attached hydrogens (tertiary/aromatic N) is 3. The Morgan fingerprint density at radius 2 is 1.89 bits per heavy atom. The number of benzene rings is 1. The van der Waals surface area contributed by atoms with E-state index < -0.39 is 0 Å². The van der Waals surface area contributed by atoms with E-state index in [2.05, 4.69) is 9.97 Å². The molecule has 0 unspecified atom stereocenters. The molecule has 0 radical (unpaired) electrons. The van der Waals surface area contributed by atoms with Gasteiger partial charge in [0.05, 0.1) is 5.52 Å². The van der Waals surface area contributed by atoms with Crippen LogP contribution in [0.1, 0.15) is 17.3 Å². The average molecular weight is 237 g/mol. The van der Waals surface area contributed by atoms with Crippen LogP contribution >= 0.6 is 0 Å². The van der Waals surface area contributed by atoms with Crippen LogP contribution in [0.5, 0.6) is 0 Å². The van der Waals surface area contributed by atoms with Crippen LogP contribution in [0, 0.1) is 0 Å². The van der Waals surface area contributed by atoms with Crippen molar-refractivity contribution in [2.75, 3.05) is 0 Å². The van der Waals surface area contributed by atoms with Gasteiger partial charge in [-0.15, -0.1) is 0 Å². The van der Waals surface area contributed by atoms with Gasteiger partial charge in [0.2, 0.25) is 0 Å². The van der Waals surface area contributed by atoms with Gasteiger partial charge in [0.25, 0.3) is 0 Å². The van der Waals surface area contributed by atoms with E-state index in [1.54, 1.807) is 19.4 Å². The van der Waals surface area contributed by atoms with Crippen molar-refractivity contribution in [2.45, 2.75) is 6.92 Å². The number of Topliss-reactive ketones (excluding diaryl/α,β-unsaturated/α-hetero) is 1. The minimum atomic E-state index is 0.0682. The van der Waals surface area contributed by atoms with Crippen LogP contribution < -0.4 is 0 Å². The molecule has 0 spiro atoms. The topological polar surface area (TPSA) is 47.8 Å². The lowest BCUT2D eigenvalue weighted by atomic mass is 10.1. The molecule has 4 heteroatoms. The highest BCUT2D eigenvalue weighted by molar-refractivity contribution is 5.94. The Hall–Kier alpha value is -2.49. The van der Waals surface area contributed by atoms with Gasteiger partial charge >= 0.3 is 0 Å². The number of carbonyl (C=O) groups excluding carboxylic acids is 1. The molecule has 0 saturated heterocycles. The van der Waals surface area contributed by atoms with E-state index in [1.165, 1.54) is 0 Å². The molecule has 0 aliphatic rings. The number of pyridine rings is 1. The van der Waals surface area contributed by atoms with Gasteiger partial charge in [-0.1, -0.05) is 0 Å². The molecular formula is C14H11N3O. The normalized spacial score (nSPS) is 10.7. The maximum atomic E-state index is 11.2. The number of ketones is 1. The second-order valence-corrected chi connectivity index (χ2v) is 4.06. The molecule has 2 heterocycles. The SMILES string of the molecule is CC(=O)c1ccc(-n2cnc3ncccc32)cc1. The van der Waals surface area contributed by atoms with E-state index in [1.807, 2.05) is 41.0 Å². The predicted molar refractivity (Wildman–Crippen MR) is 68.9 cm³/mol. The van der Waals surface area contributed by atoms with Gasteiger partial charge in [-0.3, -0.25) is 9.36 Å². The summed E-state index contributed by atoms with van der Waals surface area (Å²) in [6.45, 7) is 1.56. The van der Waals surface area contributed by atoms with Crippen LogP contribution in [0.15, 0.2) is 48.9 Å². The summed E-state index contributed by atoms with van der Waals surface area (Å²) in [6.07, 6.45) is 3.46. The first-order valence-corrected chi connectivity index (χ1v) is 5.65. The first kappa shape index (κ1) is 10.7. The molecule has 0 aliphatic carbocycles. The third kappa shape index (κ3) is 1.68. The van der Waals surface area contributed by atoms with E-state index >= 15 is 0 Å². The first-order valence-electron chi connectivity index (χ1n) is 5.65. The monoisotopic (exact) mass is 237 g/mol. The highest BCUT2D eigenvalue weighted by Crippen LogP contribution is 2.16. The van der Waals surface area contributed by atoms with E-state index in [-0.39, 0.29) is 5.78 Å². The fourth-order valence-electron chi connectivity index (χ4n) is 1.91. The van der Waals surface area contributed by atoms with Crippen molar-refractivity contribution in [1.82, 2.24) is 14.5 Å². The molecule has 0 bridgehead atoms. The lowest BCUT2D eigenvalue weighted by Crippen LogP contribution is -1.95. The Morgan fingerprint density at radius 3 is 2.61 bits per heavy atom. The standard InChI is InChI=1S/C14H11N3O/c1-10(18)11-4-6-12(7-5-11)17-9-16-14-13(17)3-2-8-15-14/h2-9H,1H3. The van der Waals surface area contributed by atoms with Crippen molar-refractivity contribution in [3.8, 4) is 5.69 Å². The molecule has 1 aromatic carbocycles. The highest BCUT2D eigenvalue weighted by atomic mass is 16.1. The number of fused-ring (bicyclic) bond motifs is 1. The number of imidazole rings is 1. The Labute approximate surface area is 104 Å². The number of carbonyl (C=O) groups is 1. The summed E-state index contributed by atoms with van der Waals surface area (Å²) in [4.78, 5) is 19.7. The zero-order valence-corrected chi connectivity index (χ0v) is 9.87. The maximum absolute atomic E-state index is 11.2. The Kier molecular flexibility index (Phi) is 2.41. The smallest absolute Gasteiger partial charge is 0.177 e. The van der Waals surface area contributed by atoms with Crippen LogP contribution in [0.3, 0.4) is 0 Å². The summed E-state index contributed by atoms with van der Waals surface area (Å²) in [5.41, 5.74) is 3.35. The predicted octanol–water partition coefficient (Wildman–Crippen LogP) is 2.62. The number of hydrogen-bond donors (Lipinski definition) is 0. The summed E-state index contributed by atoms with van der Waals surface area (Å²) in [7, 11) is 0. The lowest BCUT2D eigenvalue weighted by Gasteiger charge is -2.04.